The number of nitrogens with zero attached hydrogens (tertiary/aromatic N) is 1. The van der Waals surface area contributed by atoms with E-state index in [9.17, 15) is 0 Å². The van der Waals surface area contributed by atoms with Crippen LogP contribution in [0.1, 0.15) is 13.3 Å². The van der Waals surface area contributed by atoms with Gasteiger partial charge in [0.05, 0.1) is 16.3 Å². The first-order chi connectivity index (χ1) is 6.67. The molecule has 0 N–H and O–H groups in total. The molecule has 0 aromatic heterocycles. The second kappa shape index (κ2) is 5.50. The fraction of sp³-hybridized carbons (Fsp3) is 0.300. The van der Waals surface area contributed by atoms with E-state index in [2.05, 4.69) is 6.07 Å². The molecular weight excluding hydrogens is 237 g/mol. The summed E-state index contributed by atoms with van der Waals surface area (Å²) in [5.41, 5.74) is 0. The van der Waals surface area contributed by atoms with Gasteiger partial charge in [-0.1, -0.05) is 30.1 Å². The Labute approximate surface area is 98.0 Å². The Bertz CT molecular complexity index is 360. The van der Waals surface area contributed by atoms with Crippen LogP contribution in [-0.2, 0) is 0 Å². The molecule has 0 saturated carbocycles. The molecule has 0 aliphatic rings. The van der Waals surface area contributed by atoms with Gasteiger partial charge in [0, 0.05) is 9.92 Å². The minimum Gasteiger partial charge on any atom is -0.197 e. The van der Waals surface area contributed by atoms with Crippen molar-refractivity contribution in [2.45, 2.75) is 23.5 Å². The SMILES string of the molecule is CCC(C#N)Sc1ccc(Cl)cc1Cl. The smallest absolute Gasteiger partial charge is 0.0961 e. The third-order valence-corrected chi connectivity index (χ3v) is 3.67. The number of halogens is 2. The third-order valence-electron chi connectivity index (χ3n) is 1.68. The number of hydrogen-bond donors (Lipinski definition) is 0. The summed E-state index contributed by atoms with van der Waals surface area (Å²) >= 11 is 13.2. The van der Waals surface area contributed by atoms with Crippen molar-refractivity contribution in [3.63, 3.8) is 0 Å². The number of thioether (sulfide) groups is 1. The van der Waals surface area contributed by atoms with Crippen LogP contribution in [0, 0.1) is 11.3 Å². The Morgan fingerprint density at radius 3 is 2.71 bits per heavy atom. The summed E-state index contributed by atoms with van der Waals surface area (Å²) in [5, 5.41) is 9.97. The Morgan fingerprint density at radius 2 is 2.21 bits per heavy atom. The van der Waals surface area contributed by atoms with Gasteiger partial charge in [-0.15, -0.1) is 11.8 Å². The van der Waals surface area contributed by atoms with Crippen molar-refractivity contribution >= 4 is 35.0 Å². The minimum absolute atomic E-state index is 0.0475. The van der Waals surface area contributed by atoms with E-state index in [1.54, 1.807) is 12.1 Å². The van der Waals surface area contributed by atoms with Crippen molar-refractivity contribution < 1.29 is 0 Å². The molecule has 1 aromatic carbocycles. The van der Waals surface area contributed by atoms with Crippen LogP contribution in [-0.4, -0.2) is 5.25 Å². The van der Waals surface area contributed by atoms with Gasteiger partial charge in [0.25, 0.3) is 0 Å². The maximum Gasteiger partial charge on any atom is 0.0961 e. The molecule has 0 heterocycles. The van der Waals surface area contributed by atoms with E-state index in [1.807, 2.05) is 13.0 Å². The molecule has 0 radical (unpaired) electrons. The average Bonchev–Trinajstić information content (AvgIpc) is 2.17. The van der Waals surface area contributed by atoms with E-state index in [4.69, 9.17) is 28.5 Å². The number of nitriles is 1. The van der Waals surface area contributed by atoms with Gasteiger partial charge in [0.1, 0.15) is 0 Å². The summed E-state index contributed by atoms with van der Waals surface area (Å²) in [6.07, 6.45) is 0.806. The van der Waals surface area contributed by atoms with Crippen LogP contribution in [0.15, 0.2) is 23.1 Å². The summed E-state index contributed by atoms with van der Waals surface area (Å²) < 4.78 is 0. The van der Waals surface area contributed by atoms with E-state index < -0.39 is 0 Å². The lowest BCUT2D eigenvalue weighted by molar-refractivity contribution is 0.985. The van der Waals surface area contributed by atoms with Crippen molar-refractivity contribution in [1.29, 1.82) is 5.26 Å². The first-order valence-electron chi connectivity index (χ1n) is 4.18. The number of rotatable bonds is 3. The molecule has 4 heteroatoms. The number of benzene rings is 1. The molecule has 0 saturated heterocycles. The van der Waals surface area contributed by atoms with Crippen LogP contribution in [0.2, 0.25) is 10.0 Å². The quantitative estimate of drug-likeness (QED) is 0.738. The molecule has 1 aromatic rings. The van der Waals surface area contributed by atoms with Crippen molar-refractivity contribution in [3.8, 4) is 6.07 Å². The van der Waals surface area contributed by atoms with Crippen molar-refractivity contribution in [2.75, 3.05) is 0 Å². The van der Waals surface area contributed by atoms with E-state index in [0.717, 1.165) is 11.3 Å². The van der Waals surface area contributed by atoms with Gasteiger partial charge < -0.3 is 0 Å². The maximum atomic E-state index is 8.79. The van der Waals surface area contributed by atoms with Crippen LogP contribution >= 0.6 is 35.0 Å². The normalized spacial score (nSPS) is 12.1. The zero-order valence-corrected chi connectivity index (χ0v) is 9.96. The third kappa shape index (κ3) is 3.09. The van der Waals surface area contributed by atoms with Crippen molar-refractivity contribution in [3.05, 3.63) is 28.2 Å². The summed E-state index contributed by atoms with van der Waals surface area (Å²) in [6.45, 7) is 1.98. The minimum atomic E-state index is -0.0475. The first-order valence-corrected chi connectivity index (χ1v) is 5.82. The molecule has 0 aliphatic carbocycles. The topological polar surface area (TPSA) is 23.8 Å². The number of hydrogen-bond acceptors (Lipinski definition) is 2. The van der Waals surface area contributed by atoms with Gasteiger partial charge in [-0.2, -0.15) is 5.26 Å². The highest BCUT2D eigenvalue weighted by atomic mass is 35.5. The molecule has 0 amide bonds. The molecule has 0 bridgehead atoms. The van der Waals surface area contributed by atoms with Crippen molar-refractivity contribution in [2.24, 2.45) is 0 Å². The van der Waals surface area contributed by atoms with E-state index in [1.165, 1.54) is 11.8 Å². The van der Waals surface area contributed by atoms with Gasteiger partial charge in [-0.25, -0.2) is 0 Å². The molecule has 1 atom stereocenters. The highest BCUT2D eigenvalue weighted by Gasteiger charge is 2.09. The predicted octanol–water partition coefficient (Wildman–Crippen LogP) is 4.39. The van der Waals surface area contributed by atoms with Gasteiger partial charge in [0.15, 0.2) is 0 Å². The Kier molecular flexibility index (Phi) is 4.60. The zero-order valence-electron chi connectivity index (χ0n) is 7.63. The lowest BCUT2D eigenvalue weighted by Crippen LogP contribution is -1.95. The summed E-state index contributed by atoms with van der Waals surface area (Å²) in [7, 11) is 0. The molecular formula is C10H9Cl2NS. The highest BCUT2D eigenvalue weighted by Crippen LogP contribution is 2.32. The zero-order chi connectivity index (χ0) is 10.6. The lowest BCUT2D eigenvalue weighted by atomic mass is 10.3. The van der Waals surface area contributed by atoms with Crippen LogP contribution < -0.4 is 0 Å². The standard InChI is InChI=1S/C10H9Cl2NS/c1-2-8(6-13)14-10-4-3-7(11)5-9(10)12/h3-5,8H,2H2,1H3. The van der Waals surface area contributed by atoms with E-state index >= 15 is 0 Å². The first kappa shape index (κ1) is 11.7. The van der Waals surface area contributed by atoms with Gasteiger partial charge in [-0.3, -0.25) is 0 Å². The second-order valence-electron chi connectivity index (χ2n) is 2.72. The molecule has 0 spiro atoms. The summed E-state index contributed by atoms with van der Waals surface area (Å²) in [4.78, 5) is 0.907. The maximum absolute atomic E-state index is 8.79. The van der Waals surface area contributed by atoms with Gasteiger partial charge >= 0.3 is 0 Å². The molecule has 74 valence electrons. The molecule has 1 unspecified atom stereocenters. The summed E-state index contributed by atoms with van der Waals surface area (Å²) in [5.74, 6) is 0. The van der Waals surface area contributed by atoms with Crippen LogP contribution in [0.4, 0.5) is 0 Å². The Morgan fingerprint density at radius 1 is 1.50 bits per heavy atom. The lowest BCUT2D eigenvalue weighted by Gasteiger charge is -2.07. The van der Waals surface area contributed by atoms with Crippen LogP contribution in [0.3, 0.4) is 0 Å². The molecule has 0 aliphatic heterocycles. The molecule has 14 heavy (non-hydrogen) atoms. The fourth-order valence-electron chi connectivity index (χ4n) is 0.925. The van der Waals surface area contributed by atoms with Gasteiger partial charge in [-0.05, 0) is 24.6 Å². The average molecular weight is 246 g/mol. The second-order valence-corrected chi connectivity index (χ2v) is 4.81. The van der Waals surface area contributed by atoms with Crippen LogP contribution in [0.25, 0.3) is 0 Å². The predicted molar refractivity (Wildman–Crippen MR) is 62.0 cm³/mol. The Balaban J connectivity index is 2.82. The largest absolute Gasteiger partial charge is 0.197 e. The Hall–Kier alpha value is -0.360. The van der Waals surface area contributed by atoms with E-state index in [0.29, 0.717) is 10.0 Å². The van der Waals surface area contributed by atoms with Crippen molar-refractivity contribution in [1.82, 2.24) is 0 Å². The summed E-state index contributed by atoms with van der Waals surface area (Å²) in [6, 6.07) is 7.52. The molecule has 1 nitrogen and oxygen atoms in total. The van der Waals surface area contributed by atoms with E-state index in [-0.39, 0.29) is 5.25 Å². The fourth-order valence-corrected chi connectivity index (χ4v) is 2.31. The molecule has 0 fully saturated rings. The monoisotopic (exact) mass is 245 g/mol. The van der Waals surface area contributed by atoms with Gasteiger partial charge in [0.2, 0.25) is 0 Å². The van der Waals surface area contributed by atoms with Crippen LogP contribution in [0.5, 0.6) is 0 Å². The highest BCUT2D eigenvalue weighted by molar-refractivity contribution is 8.00. The molecule has 1 rings (SSSR count).